The monoisotopic (exact) mass is 192 g/mol. The Kier molecular flexibility index (Phi) is 2.65. The van der Waals surface area contributed by atoms with E-state index in [1.165, 1.54) is 0 Å². The molecular formula is C10H12N2O2. The summed E-state index contributed by atoms with van der Waals surface area (Å²) in [6.45, 7) is 1.10. The van der Waals surface area contributed by atoms with Gasteiger partial charge in [0.15, 0.2) is 0 Å². The molecule has 0 unspecified atom stereocenters. The highest BCUT2D eigenvalue weighted by molar-refractivity contribution is 5.79. The molecule has 0 atom stereocenters. The summed E-state index contributed by atoms with van der Waals surface area (Å²) in [4.78, 5) is 7.21. The van der Waals surface area contributed by atoms with Crippen molar-refractivity contribution in [3.8, 4) is 5.88 Å². The number of nitrogens with zero attached hydrogens (tertiary/aromatic N) is 1. The number of H-pyrrole nitrogens is 1. The number of aromatic nitrogens is 2. The Balaban J connectivity index is 2.10. The largest absolute Gasteiger partial charge is 0.475 e. The van der Waals surface area contributed by atoms with Gasteiger partial charge in [-0.05, 0) is 6.07 Å². The van der Waals surface area contributed by atoms with Gasteiger partial charge in [-0.3, -0.25) is 0 Å². The third-order valence-electron chi connectivity index (χ3n) is 1.95. The maximum atomic E-state index is 5.37. The normalized spacial score (nSPS) is 10.6. The first kappa shape index (κ1) is 9.02. The number of ether oxygens (including phenoxy) is 2. The van der Waals surface area contributed by atoms with E-state index in [4.69, 9.17) is 9.47 Å². The van der Waals surface area contributed by atoms with E-state index in [-0.39, 0.29) is 0 Å². The Morgan fingerprint density at radius 3 is 3.21 bits per heavy atom. The van der Waals surface area contributed by atoms with E-state index < -0.39 is 0 Å². The van der Waals surface area contributed by atoms with Crippen LogP contribution in [0.4, 0.5) is 0 Å². The first-order chi connectivity index (χ1) is 6.90. The number of nitrogens with one attached hydrogen (secondary N) is 1. The standard InChI is InChI=1S/C10H12N2O2/c1-13-4-5-14-10-6-8-2-3-11-9(8)7-12-10/h2-3,6-7,11H,4-5H2,1H3. The van der Waals surface area contributed by atoms with Crippen LogP contribution in [0, 0.1) is 0 Å². The molecule has 2 heterocycles. The fourth-order valence-corrected chi connectivity index (χ4v) is 1.24. The van der Waals surface area contributed by atoms with Gasteiger partial charge in [-0.25, -0.2) is 4.98 Å². The average molecular weight is 192 g/mol. The summed E-state index contributed by atoms with van der Waals surface area (Å²) in [5.41, 5.74) is 1.02. The Morgan fingerprint density at radius 2 is 2.36 bits per heavy atom. The molecule has 1 N–H and O–H groups in total. The minimum atomic E-state index is 0.527. The Morgan fingerprint density at radius 1 is 1.43 bits per heavy atom. The summed E-state index contributed by atoms with van der Waals surface area (Å²) >= 11 is 0. The molecule has 2 aromatic heterocycles. The second kappa shape index (κ2) is 4.11. The molecular weight excluding hydrogens is 180 g/mol. The van der Waals surface area contributed by atoms with E-state index in [2.05, 4.69) is 9.97 Å². The minimum Gasteiger partial charge on any atom is -0.475 e. The summed E-state index contributed by atoms with van der Waals surface area (Å²) in [5.74, 6) is 0.633. The minimum absolute atomic E-state index is 0.527. The lowest BCUT2D eigenvalue weighted by molar-refractivity contribution is 0.144. The number of rotatable bonds is 4. The summed E-state index contributed by atoms with van der Waals surface area (Å²) < 4.78 is 10.3. The van der Waals surface area contributed by atoms with Crippen molar-refractivity contribution in [1.82, 2.24) is 9.97 Å². The highest BCUT2D eigenvalue weighted by Gasteiger charge is 1.98. The van der Waals surface area contributed by atoms with E-state index >= 15 is 0 Å². The molecule has 74 valence electrons. The van der Waals surface area contributed by atoms with Crippen LogP contribution in [0.1, 0.15) is 0 Å². The molecule has 0 radical (unpaired) electrons. The number of hydrogen-bond donors (Lipinski definition) is 1. The average Bonchev–Trinajstić information content (AvgIpc) is 2.65. The van der Waals surface area contributed by atoms with Crippen LogP contribution in [0.5, 0.6) is 5.88 Å². The van der Waals surface area contributed by atoms with Gasteiger partial charge in [0.2, 0.25) is 5.88 Å². The topological polar surface area (TPSA) is 47.1 Å². The lowest BCUT2D eigenvalue weighted by Crippen LogP contribution is -2.04. The fraction of sp³-hybridized carbons (Fsp3) is 0.300. The molecule has 14 heavy (non-hydrogen) atoms. The summed E-state index contributed by atoms with van der Waals surface area (Å²) in [6, 6.07) is 3.89. The van der Waals surface area contributed by atoms with Crippen molar-refractivity contribution >= 4 is 10.9 Å². The molecule has 0 spiro atoms. The van der Waals surface area contributed by atoms with Crippen LogP contribution in [0.25, 0.3) is 10.9 Å². The van der Waals surface area contributed by atoms with E-state index in [1.54, 1.807) is 13.3 Å². The SMILES string of the molecule is COCCOc1cc2cc[nH]c2cn1. The Hall–Kier alpha value is -1.55. The van der Waals surface area contributed by atoms with Crippen molar-refractivity contribution in [3.05, 3.63) is 24.5 Å². The van der Waals surface area contributed by atoms with Crippen molar-refractivity contribution < 1.29 is 9.47 Å². The molecule has 0 aromatic carbocycles. The zero-order chi connectivity index (χ0) is 9.80. The third kappa shape index (κ3) is 1.85. The van der Waals surface area contributed by atoms with Gasteiger partial charge in [-0.2, -0.15) is 0 Å². The van der Waals surface area contributed by atoms with Crippen molar-refractivity contribution in [1.29, 1.82) is 0 Å². The molecule has 0 saturated carbocycles. The van der Waals surface area contributed by atoms with Crippen LogP contribution in [0.3, 0.4) is 0 Å². The fourth-order valence-electron chi connectivity index (χ4n) is 1.24. The van der Waals surface area contributed by atoms with Crippen LogP contribution in [-0.2, 0) is 4.74 Å². The number of methoxy groups -OCH3 is 1. The van der Waals surface area contributed by atoms with Crippen LogP contribution < -0.4 is 4.74 Å². The maximum absolute atomic E-state index is 5.37. The van der Waals surface area contributed by atoms with Crippen LogP contribution in [0.2, 0.25) is 0 Å². The molecule has 0 saturated heterocycles. The highest BCUT2D eigenvalue weighted by atomic mass is 16.5. The van der Waals surface area contributed by atoms with E-state index in [1.807, 2.05) is 18.3 Å². The van der Waals surface area contributed by atoms with Crippen LogP contribution in [0.15, 0.2) is 24.5 Å². The molecule has 0 fully saturated rings. The predicted octanol–water partition coefficient (Wildman–Crippen LogP) is 1.59. The first-order valence-corrected chi connectivity index (χ1v) is 4.45. The Bertz CT molecular complexity index is 411. The predicted molar refractivity (Wildman–Crippen MR) is 53.5 cm³/mol. The van der Waals surface area contributed by atoms with Crippen LogP contribution >= 0.6 is 0 Å². The molecule has 2 aromatic rings. The van der Waals surface area contributed by atoms with Gasteiger partial charge in [0.25, 0.3) is 0 Å². The van der Waals surface area contributed by atoms with Gasteiger partial charge in [0, 0.05) is 24.8 Å². The van der Waals surface area contributed by atoms with Gasteiger partial charge < -0.3 is 14.5 Å². The summed E-state index contributed by atoms with van der Waals surface area (Å²) in [7, 11) is 1.64. The van der Waals surface area contributed by atoms with E-state index in [0.29, 0.717) is 19.1 Å². The van der Waals surface area contributed by atoms with Crippen LogP contribution in [-0.4, -0.2) is 30.3 Å². The smallest absolute Gasteiger partial charge is 0.213 e. The van der Waals surface area contributed by atoms with Crippen molar-refractivity contribution in [3.63, 3.8) is 0 Å². The van der Waals surface area contributed by atoms with Gasteiger partial charge in [0.1, 0.15) is 6.61 Å². The van der Waals surface area contributed by atoms with Crippen molar-refractivity contribution in [2.24, 2.45) is 0 Å². The second-order valence-corrected chi connectivity index (χ2v) is 2.93. The highest BCUT2D eigenvalue weighted by Crippen LogP contribution is 2.16. The maximum Gasteiger partial charge on any atom is 0.213 e. The molecule has 0 aliphatic carbocycles. The van der Waals surface area contributed by atoms with Crippen molar-refractivity contribution in [2.75, 3.05) is 20.3 Å². The quantitative estimate of drug-likeness (QED) is 0.748. The summed E-state index contributed by atoms with van der Waals surface area (Å²) in [6.07, 6.45) is 3.64. The number of pyridine rings is 1. The number of hydrogen-bond acceptors (Lipinski definition) is 3. The van der Waals surface area contributed by atoms with Gasteiger partial charge in [-0.15, -0.1) is 0 Å². The second-order valence-electron chi connectivity index (χ2n) is 2.93. The molecule has 0 aliphatic rings. The molecule has 0 amide bonds. The number of aromatic amines is 1. The Labute approximate surface area is 81.9 Å². The molecule has 0 aliphatic heterocycles. The van der Waals surface area contributed by atoms with Gasteiger partial charge in [0.05, 0.1) is 18.3 Å². The lowest BCUT2D eigenvalue weighted by Gasteiger charge is -2.03. The summed E-state index contributed by atoms with van der Waals surface area (Å²) in [5, 5.41) is 1.10. The van der Waals surface area contributed by atoms with E-state index in [9.17, 15) is 0 Å². The third-order valence-corrected chi connectivity index (χ3v) is 1.95. The van der Waals surface area contributed by atoms with Gasteiger partial charge >= 0.3 is 0 Å². The molecule has 4 nitrogen and oxygen atoms in total. The number of fused-ring (bicyclic) bond motifs is 1. The zero-order valence-electron chi connectivity index (χ0n) is 7.99. The molecule has 4 heteroatoms. The molecule has 0 bridgehead atoms. The van der Waals surface area contributed by atoms with Gasteiger partial charge in [-0.1, -0.05) is 0 Å². The molecule has 2 rings (SSSR count). The van der Waals surface area contributed by atoms with E-state index in [0.717, 1.165) is 10.9 Å². The lowest BCUT2D eigenvalue weighted by atomic mass is 10.3. The van der Waals surface area contributed by atoms with Crippen molar-refractivity contribution in [2.45, 2.75) is 0 Å². The first-order valence-electron chi connectivity index (χ1n) is 4.45. The zero-order valence-corrected chi connectivity index (χ0v) is 7.99.